The number of carbonyl (C=O) groups is 1. The van der Waals surface area contributed by atoms with Crippen molar-refractivity contribution in [2.75, 3.05) is 23.9 Å². The van der Waals surface area contributed by atoms with Crippen molar-refractivity contribution in [3.63, 3.8) is 0 Å². The van der Waals surface area contributed by atoms with E-state index in [9.17, 15) is 9.18 Å². The van der Waals surface area contributed by atoms with Gasteiger partial charge >= 0.3 is 5.97 Å². The second kappa shape index (κ2) is 13.3. The lowest BCUT2D eigenvalue weighted by Crippen LogP contribution is -2.21. The van der Waals surface area contributed by atoms with E-state index in [4.69, 9.17) is 21.1 Å². The van der Waals surface area contributed by atoms with Gasteiger partial charge in [-0.1, -0.05) is 35.6 Å². The van der Waals surface area contributed by atoms with Crippen LogP contribution >= 0.6 is 34.7 Å². The first-order valence-electron chi connectivity index (χ1n) is 12.6. The minimum absolute atomic E-state index is 0.0453. The molecule has 2 N–H and O–H groups in total. The van der Waals surface area contributed by atoms with Gasteiger partial charge in [-0.15, -0.1) is 11.3 Å². The molecule has 0 aliphatic carbocycles. The van der Waals surface area contributed by atoms with Gasteiger partial charge < -0.3 is 14.8 Å². The number of nitrogens with zero attached hydrogens (tertiary/aromatic N) is 2. The fraction of sp³-hybridized carbons (Fsp3) is 0.276. The highest BCUT2D eigenvalue weighted by Gasteiger charge is 2.25. The van der Waals surface area contributed by atoms with Crippen molar-refractivity contribution in [3.8, 4) is 17.6 Å². The van der Waals surface area contributed by atoms with Crippen molar-refractivity contribution in [2.45, 2.75) is 31.6 Å². The van der Waals surface area contributed by atoms with E-state index in [0.29, 0.717) is 41.5 Å². The van der Waals surface area contributed by atoms with Crippen molar-refractivity contribution in [1.29, 1.82) is 0 Å². The Kier molecular flexibility index (Phi) is 9.39. The third kappa shape index (κ3) is 7.43. The number of thiophene rings is 1. The number of fused-ring (bicyclic) bond motifs is 1. The molecule has 4 aromatic rings. The number of benzene rings is 2. The molecule has 11 heteroatoms. The zero-order valence-electron chi connectivity index (χ0n) is 21.6. The van der Waals surface area contributed by atoms with Crippen LogP contribution in [0.4, 0.5) is 15.9 Å². The summed E-state index contributed by atoms with van der Waals surface area (Å²) < 4.78 is 24.7. The van der Waals surface area contributed by atoms with Gasteiger partial charge in [0.25, 0.3) is 0 Å². The molecular weight excluding hydrogens is 571 g/mol. The number of aromatic nitrogens is 2. The van der Waals surface area contributed by atoms with Gasteiger partial charge in [-0.25, -0.2) is 14.4 Å². The molecule has 0 saturated carbocycles. The average Bonchev–Trinajstić information content (AvgIpc) is 3.57. The maximum absolute atomic E-state index is 13.4. The molecule has 2 aromatic carbocycles. The number of anilines is 2. The maximum atomic E-state index is 13.4. The predicted molar refractivity (Wildman–Crippen MR) is 159 cm³/mol. The van der Waals surface area contributed by atoms with Crippen LogP contribution in [0.25, 0.3) is 10.2 Å². The van der Waals surface area contributed by atoms with Gasteiger partial charge in [0, 0.05) is 24.4 Å². The summed E-state index contributed by atoms with van der Waals surface area (Å²) in [4.78, 5) is 22.4. The second-order valence-electron chi connectivity index (χ2n) is 9.06. The second-order valence-corrected chi connectivity index (χ2v) is 11.5. The Morgan fingerprint density at radius 3 is 3.00 bits per heavy atom. The number of carbonyl (C=O) groups excluding carboxylic acids is 1. The van der Waals surface area contributed by atoms with Crippen LogP contribution < -0.4 is 15.4 Å². The molecule has 2 atom stereocenters. The maximum Gasteiger partial charge on any atom is 0.306 e. The summed E-state index contributed by atoms with van der Waals surface area (Å²) in [5.41, 5.74) is 1.45. The summed E-state index contributed by atoms with van der Waals surface area (Å²) in [6, 6.07) is 13.5. The first kappa shape index (κ1) is 28.2. The number of halogens is 2. The molecule has 1 aliphatic rings. The van der Waals surface area contributed by atoms with Crippen LogP contribution in [0, 0.1) is 17.7 Å². The lowest BCUT2D eigenvalue weighted by molar-refractivity contribution is -0.147. The molecule has 1 aliphatic heterocycles. The molecule has 0 bridgehead atoms. The van der Waals surface area contributed by atoms with Crippen molar-refractivity contribution >= 4 is 62.4 Å². The minimum atomic E-state index is -0.311. The Balaban J connectivity index is 1.22. The number of nitrogens with one attached hydrogen (secondary N) is 2. The summed E-state index contributed by atoms with van der Waals surface area (Å²) in [5.74, 6) is 7.90. The third-order valence-corrected chi connectivity index (χ3v) is 7.94. The van der Waals surface area contributed by atoms with Gasteiger partial charge in [-0.05, 0) is 48.2 Å². The lowest BCUT2D eigenvalue weighted by Gasteiger charge is -2.11. The highest BCUT2D eigenvalue weighted by atomic mass is 35.5. The molecule has 0 amide bonds. The van der Waals surface area contributed by atoms with Crippen LogP contribution in [0.2, 0.25) is 5.02 Å². The van der Waals surface area contributed by atoms with E-state index >= 15 is 0 Å². The van der Waals surface area contributed by atoms with Crippen LogP contribution in [0.15, 0.2) is 54.9 Å². The Labute approximate surface area is 244 Å². The van der Waals surface area contributed by atoms with Crippen LogP contribution in [0.3, 0.4) is 0 Å². The summed E-state index contributed by atoms with van der Waals surface area (Å²) in [5, 5.41) is 7.88. The van der Waals surface area contributed by atoms with E-state index in [1.54, 1.807) is 36.0 Å². The highest BCUT2D eigenvalue weighted by Crippen LogP contribution is 2.33. The molecule has 0 spiro atoms. The predicted octanol–water partition coefficient (Wildman–Crippen LogP) is 6.18. The van der Waals surface area contributed by atoms with Crippen molar-refractivity contribution in [3.05, 3.63) is 76.1 Å². The van der Waals surface area contributed by atoms with Gasteiger partial charge in [-0.3, -0.25) is 10.1 Å². The SMILES string of the molecule is CSCCC(=O)OC1CNC(C#Cc2cc3c(Nc4ccc(OCc5cccc(F)c5)c(Cl)c4)ncnc3s2)C1. The monoisotopic (exact) mass is 596 g/mol. The van der Waals surface area contributed by atoms with E-state index < -0.39 is 0 Å². The Morgan fingerprint density at radius 1 is 1.27 bits per heavy atom. The molecule has 2 unspecified atom stereocenters. The highest BCUT2D eigenvalue weighted by molar-refractivity contribution is 7.98. The van der Waals surface area contributed by atoms with Gasteiger partial charge in [0.05, 0.1) is 27.7 Å². The zero-order chi connectivity index (χ0) is 27.9. The molecule has 2 aromatic heterocycles. The Morgan fingerprint density at radius 2 is 2.17 bits per heavy atom. The summed E-state index contributed by atoms with van der Waals surface area (Å²) in [7, 11) is 0. The van der Waals surface area contributed by atoms with Crippen molar-refractivity contribution in [2.24, 2.45) is 0 Å². The van der Waals surface area contributed by atoms with E-state index in [2.05, 4.69) is 32.4 Å². The standard InChI is InChI=1S/C29H26ClFN4O3S2/c1-39-10-9-27(36)38-22-12-20(32-15-22)5-7-23-14-24-28(33-17-34-29(24)40-23)35-21-6-8-26(25(30)13-21)37-16-18-3-2-4-19(31)11-18/h2-4,6,8,11,13-14,17,20,22,32H,9-10,12,15-16H2,1H3,(H,33,34,35). The molecule has 0 radical (unpaired) electrons. The van der Waals surface area contributed by atoms with E-state index in [1.165, 1.54) is 29.8 Å². The van der Waals surface area contributed by atoms with Gasteiger partial charge in [0.2, 0.25) is 0 Å². The first-order valence-corrected chi connectivity index (χ1v) is 15.2. The van der Waals surface area contributed by atoms with Crippen molar-refractivity contribution in [1.82, 2.24) is 15.3 Å². The number of hydrogen-bond donors (Lipinski definition) is 2. The molecule has 3 heterocycles. The fourth-order valence-electron chi connectivity index (χ4n) is 4.13. The number of ether oxygens (including phenoxy) is 2. The van der Waals surface area contributed by atoms with Gasteiger partial charge in [-0.2, -0.15) is 11.8 Å². The zero-order valence-corrected chi connectivity index (χ0v) is 24.0. The third-order valence-electron chi connectivity index (χ3n) is 6.08. The number of hydrogen-bond acceptors (Lipinski definition) is 9. The lowest BCUT2D eigenvalue weighted by atomic mass is 10.2. The normalized spacial score (nSPS) is 16.4. The average molecular weight is 597 g/mol. The van der Waals surface area contributed by atoms with Crippen LogP contribution in [0.5, 0.6) is 5.75 Å². The summed E-state index contributed by atoms with van der Waals surface area (Å²) >= 11 is 9.57. The first-order chi connectivity index (χ1) is 19.5. The number of esters is 1. The fourth-order valence-corrected chi connectivity index (χ4v) is 5.59. The van der Waals surface area contributed by atoms with Crippen LogP contribution in [-0.4, -0.2) is 46.6 Å². The number of thioether (sulfide) groups is 1. The molecule has 7 nitrogen and oxygen atoms in total. The van der Waals surface area contributed by atoms with Crippen LogP contribution in [-0.2, 0) is 16.1 Å². The minimum Gasteiger partial charge on any atom is -0.487 e. The molecular formula is C29H26ClFN4O3S2. The largest absolute Gasteiger partial charge is 0.487 e. The summed E-state index contributed by atoms with van der Waals surface area (Å²) in [6.45, 7) is 0.809. The molecule has 1 fully saturated rings. The quantitative estimate of drug-likeness (QED) is 0.175. The van der Waals surface area contributed by atoms with Crippen LogP contribution in [0.1, 0.15) is 23.3 Å². The van der Waals surface area contributed by atoms with E-state index in [0.717, 1.165) is 26.5 Å². The molecule has 5 rings (SSSR count). The van der Waals surface area contributed by atoms with E-state index in [-0.39, 0.29) is 30.5 Å². The Bertz CT molecular complexity index is 1570. The molecule has 206 valence electrons. The van der Waals surface area contributed by atoms with Gasteiger partial charge in [0.15, 0.2) is 0 Å². The Hall–Kier alpha value is -3.36. The summed E-state index contributed by atoms with van der Waals surface area (Å²) in [6.07, 6.45) is 4.41. The van der Waals surface area contributed by atoms with Gasteiger partial charge in [0.1, 0.15) is 41.3 Å². The smallest absolute Gasteiger partial charge is 0.306 e. The topological polar surface area (TPSA) is 85.4 Å². The number of rotatable bonds is 9. The van der Waals surface area contributed by atoms with E-state index in [1.807, 2.05) is 18.4 Å². The van der Waals surface area contributed by atoms with Crippen molar-refractivity contribution < 1.29 is 18.7 Å². The molecule has 40 heavy (non-hydrogen) atoms. The molecule has 1 saturated heterocycles.